The molecule has 2 aliphatic heterocycles. The van der Waals surface area contributed by atoms with Gasteiger partial charge in [0.15, 0.2) is 0 Å². The Morgan fingerprint density at radius 3 is 2.15 bits per heavy atom. The zero-order valence-electron chi connectivity index (χ0n) is 11.1. The minimum atomic E-state index is -4.29. The number of fused-ring (bicyclic) bond motifs is 2. The molecule has 0 aromatic heterocycles. The highest BCUT2D eigenvalue weighted by Crippen LogP contribution is 2.32. The Morgan fingerprint density at radius 2 is 1.60 bits per heavy atom. The van der Waals surface area contributed by atoms with E-state index < -0.39 is 11.7 Å². The first-order valence-corrected chi connectivity index (χ1v) is 7.10. The number of hydrogen-bond donors (Lipinski definition) is 1. The predicted octanol–water partition coefficient (Wildman–Crippen LogP) is 3.76. The molecule has 3 rings (SSSR count). The quantitative estimate of drug-likeness (QED) is 0.893. The van der Waals surface area contributed by atoms with Crippen LogP contribution < -0.4 is 10.1 Å². The fourth-order valence-electron chi connectivity index (χ4n) is 3.22. The number of benzene rings is 1. The highest BCUT2D eigenvalue weighted by Gasteiger charge is 2.33. The maximum Gasteiger partial charge on any atom is 0.416 e. The fourth-order valence-corrected chi connectivity index (χ4v) is 3.22. The van der Waals surface area contributed by atoms with Crippen LogP contribution in [-0.4, -0.2) is 18.2 Å². The summed E-state index contributed by atoms with van der Waals surface area (Å²) in [4.78, 5) is 0. The number of hydrogen-bond acceptors (Lipinski definition) is 2. The molecule has 0 spiro atoms. The second kappa shape index (κ2) is 5.28. The van der Waals surface area contributed by atoms with E-state index in [-0.39, 0.29) is 6.10 Å². The molecule has 110 valence electrons. The Labute approximate surface area is 116 Å². The summed E-state index contributed by atoms with van der Waals surface area (Å²) in [6.45, 7) is 0. The zero-order valence-corrected chi connectivity index (χ0v) is 11.1. The van der Waals surface area contributed by atoms with Gasteiger partial charge in [-0.05, 0) is 49.9 Å². The van der Waals surface area contributed by atoms with Gasteiger partial charge in [-0.2, -0.15) is 13.2 Å². The zero-order chi connectivity index (χ0) is 14.2. The van der Waals surface area contributed by atoms with E-state index in [9.17, 15) is 13.2 Å². The summed E-state index contributed by atoms with van der Waals surface area (Å²) in [5.41, 5.74) is -0.632. The Bertz CT molecular complexity index is 445. The molecule has 5 heteroatoms. The summed E-state index contributed by atoms with van der Waals surface area (Å²) in [5, 5.41) is 3.57. The third kappa shape index (κ3) is 3.08. The highest BCUT2D eigenvalue weighted by atomic mass is 19.4. The number of nitrogens with one attached hydrogen (secondary N) is 1. The third-order valence-electron chi connectivity index (χ3n) is 4.16. The van der Waals surface area contributed by atoms with Crippen LogP contribution in [-0.2, 0) is 6.18 Å². The first-order chi connectivity index (χ1) is 9.50. The van der Waals surface area contributed by atoms with E-state index in [1.165, 1.54) is 31.4 Å². The number of ether oxygens (including phenoxy) is 1. The molecule has 2 nitrogen and oxygen atoms in total. The van der Waals surface area contributed by atoms with Gasteiger partial charge in [0.2, 0.25) is 0 Å². The molecule has 20 heavy (non-hydrogen) atoms. The SMILES string of the molecule is FC(F)(F)c1ccc(OC2CC3CCCC(C2)N3)cc1. The molecule has 1 aromatic rings. The largest absolute Gasteiger partial charge is 0.490 e. The van der Waals surface area contributed by atoms with Gasteiger partial charge in [-0.1, -0.05) is 6.42 Å². The van der Waals surface area contributed by atoms with Crippen molar-refractivity contribution >= 4 is 0 Å². The van der Waals surface area contributed by atoms with Gasteiger partial charge >= 0.3 is 6.18 Å². The number of halogens is 3. The van der Waals surface area contributed by atoms with E-state index in [1.54, 1.807) is 0 Å². The van der Waals surface area contributed by atoms with Crippen molar-refractivity contribution in [3.05, 3.63) is 29.8 Å². The van der Waals surface area contributed by atoms with E-state index in [0.29, 0.717) is 17.8 Å². The van der Waals surface area contributed by atoms with Crippen molar-refractivity contribution in [3.8, 4) is 5.75 Å². The van der Waals surface area contributed by atoms with Gasteiger partial charge in [0.05, 0.1) is 5.56 Å². The van der Waals surface area contributed by atoms with Crippen LogP contribution in [0.5, 0.6) is 5.75 Å². The third-order valence-corrected chi connectivity index (χ3v) is 4.16. The summed E-state index contributed by atoms with van der Waals surface area (Å²) in [7, 11) is 0. The molecular formula is C15H18F3NO. The Kier molecular flexibility index (Phi) is 3.63. The van der Waals surface area contributed by atoms with Crippen LogP contribution in [0.2, 0.25) is 0 Å². The summed E-state index contributed by atoms with van der Waals surface area (Å²) in [6.07, 6.45) is 1.31. The smallest absolute Gasteiger partial charge is 0.416 e. The number of rotatable bonds is 2. The van der Waals surface area contributed by atoms with Crippen LogP contribution in [0.3, 0.4) is 0 Å². The van der Waals surface area contributed by atoms with Crippen molar-refractivity contribution < 1.29 is 17.9 Å². The van der Waals surface area contributed by atoms with Gasteiger partial charge in [0.1, 0.15) is 11.9 Å². The van der Waals surface area contributed by atoms with Crippen LogP contribution in [0.1, 0.15) is 37.7 Å². The molecule has 2 unspecified atom stereocenters. The average molecular weight is 285 g/mol. The lowest BCUT2D eigenvalue weighted by molar-refractivity contribution is -0.137. The van der Waals surface area contributed by atoms with E-state index in [2.05, 4.69) is 5.32 Å². The summed E-state index contributed by atoms with van der Waals surface area (Å²) in [5.74, 6) is 0.531. The molecule has 1 N–H and O–H groups in total. The van der Waals surface area contributed by atoms with Gasteiger partial charge in [-0.15, -0.1) is 0 Å². The molecule has 2 fully saturated rings. The average Bonchev–Trinajstić information content (AvgIpc) is 2.38. The Hall–Kier alpha value is -1.23. The first-order valence-electron chi connectivity index (χ1n) is 7.10. The second-order valence-corrected chi connectivity index (χ2v) is 5.72. The molecule has 2 heterocycles. The van der Waals surface area contributed by atoms with E-state index in [1.807, 2.05) is 0 Å². The monoisotopic (exact) mass is 285 g/mol. The molecule has 1 aromatic carbocycles. The second-order valence-electron chi connectivity index (χ2n) is 5.72. The summed E-state index contributed by atoms with van der Waals surface area (Å²) < 4.78 is 43.3. The molecule has 2 aliphatic rings. The van der Waals surface area contributed by atoms with Crippen LogP contribution in [0, 0.1) is 0 Å². The van der Waals surface area contributed by atoms with Gasteiger partial charge < -0.3 is 10.1 Å². The summed E-state index contributed by atoms with van der Waals surface area (Å²) >= 11 is 0. The molecule has 2 bridgehead atoms. The minimum Gasteiger partial charge on any atom is -0.490 e. The van der Waals surface area contributed by atoms with Crippen LogP contribution in [0.25, 0.3) is 0 Å². The minimum absolute atomic E-state index is 0.114. The molecule has 2 atom stereocenters. The lowest BCUT2D eigenvalue weighted by Gasteiger charge is -2.40. The molecule has 0 radical (unpaired) electrons. The van der Waals surface area contributed by atoms with Gasteiger partial charge in [0.25, 0.3) is 0 Å². The van der Waals surface area contributed by atoms with Crippen molar-refractivity contribution in [2.24, 2.45) is 0 Å². The fraction of sp³-hybridized carbons (Fsp3) is 0.600. The molecule has 0 aliphatic carbocycles. The highest BCUT2D eigenvalue weighted by molar-refractivity contribution is 5.29. The van der Waals surface area contributed by atoms with Gasteiger partial charge in [-0.3, -0.25) is 0 Å². The lowest BCUT2D eigenvalue weighted by atomic mass is 9.85. The van der Waals surface area contributed by atoms with Crippen LogP contribution >= 0.6 is 0 Å². The van der Waals surface area contributed by atoms with Crippen molar-refractivity contribution in [2.45, 2.75) is 56.5 Å². The molecular weight excluding hydrogens is 267 g/mol. The first kappa shape index (κ1) is 13.7. The van der Waals surface area contributed by atoms with Crippen LogP contribution in [0.15, 0.2) is 24.3 Å². The molecule has 0 saturated carbocycles. The van der Waals surface area contributed by atoms with E-state index >= 15 is 0 Å². The Balaban J connectivity index is 1.63. The molecule has 2 saturated heterocycles. The molecule has 0 amide bonds. The number of alkyl halides is 3. The van der Waals surface area contributed by atoms with Gasteiger partial charge in [-0.25, -0.2) is 0 Å². The van der Waals surface area contributed by atoms with E-state index in [0.717, 1.165) is 25.0 Å². The van der Waals surface area contributed by atoms with Crippen molar-refractivity contribution in [2.75, 3.05) is 0 Å². The maximum absolute atomic E-state index is 12.5. The van der Waals surface area contributed by atoms with Crippen LogP contribution in [0.4, 0.5) is 13.2 Å². The standard InChI is InChI=1S/C15H18F3NO/c16-15(17,18)10-4-6-13(7-5-10)20-14-8-11-2-1-3-12(9-14)19-11/h4-7,11-12,14,19H,1-3,8-9H2. The van der Waals surface area contributed by atoms with Crippen molar-refractivity contribution in [1.29, 1.82) is 0 Å². The Morgan fingerprint density at radius 1 is 1.00 bits per heavy atom. The maximum atomic E-state index is 12.5. The normalized spacial score (nSPS) is 30.1. The predicted molar refractivity (Wildman–Crippen MR) is 69.7 cm³/mol. The van der Waals surface area contributed by atoms with Crippen molar-refractivity contribution in [3.63, 3.8) is 0 Å². The summed E-state index contributed by atoms with van der Waals surface area (Å²) in [6, 6.07) is 6.00. The lowest BCUT2D eigenvalue weighted by Crippen LogP contribution is -2.51. The topological polar surface area (TPSA) is 21.3 Å². The number of piperidine rings is 2. The van der Waals surface area contributed by atoms with E-state index in [4.69, 9.17) is 4.74 Å². The van der Waals surface area contributed by atoms with Gasteiger partial charge in [0, 0.05) is 12.1 Å². The van der Waals surface area contributed by atoms with Crippen molar-refractivity contribution in [1.82, 2.24) is 5.32 Å².